The topological polar surface area (TPSA) is 55.6 Å². The van der Waals surface area contributed by atoms with Gasteiger partial charge in [-0.3, -0.25) is 4.79 Å². The Morgan fingerprint density at radius 3 is 2.82 bits per heavy atom. The highest BCUT2D eigenvalue weighted by atomic mass is 35.5. The van der Waals surface area contributed by atoms with Crippen LogP contribution in [-0.4, -0.2) is 37.0 Å². The summed E-state index contributed by atoms with van der Waals surface area (Å²) in [4.78, 5) is 13.3. The van der Waals surface area contributed by atoms with Crippen LogP contribution in [0.15, 0.2) is 24.3 Å². The van der Waals surface area contributed by atoms with E-state index in [1.165, 1.54) is 0 Å². The van der Waals surface area contributed by atoms with Crippen molar-refractivity contribution in [3.63, 3.8) is 0 Å². The Kier molecular flexibility index (Phi) is 3.99. The Bertz CT molecular complexity index is 394. The molecule has 0 aliphatic carbocycles. The summed E-state index contributed by atoms with van der Waals surface area (Å²) in [5, 5.41) is 0.694. The summed E-state index contributed by atoms with van der Waals surface area (Å²) in [6.45, 7) is 1.75. The highest BCUT2D eigenvalue weighted by molar-refractivity contribution is 6.30. The van der Waals surface area contributed by atoms with Gasteiger partial charge in [0.25, 0.3) is 0 Å². The van der Waals surface area contributed by atoms with Gasteiger partial charge < -0.3 is 15.4 Å². The molecule has 5 heteroatoms. The molecule has 0 aromatic heterocycles. The fourth-order valence-electron chi connectivity index (χ4n) is 1.88. The Morgan fingerprint density at radius 2 is 2.18 bits per heavy atom. The molecule has 0 bridgehead atoms. The lowest BCUT2D eigenvalue weighted by Crippen LogP contribution is -2.44. The molecule has 2 rings (SSSR count). The van der Waals surface area contributed by atoms with Gasteiger partial charge in [0.15, 0.2) is 0 Å². The van der Waals surface area contributed by atoms with E-state index in [2.05, 4.69) is 0 Å². The van der Waals surface area contributed by atoms with Crippen LogP contribution in [0.1, 0.15) is 11.7 Å². The van der Waals surface area contributed by atoms with Crippen molar-refractivity contribution in [2.75, 3.05) is 26.2 Å². The summed E-state index contributed by atoms with van der Waals surface area (Å²) < 4.78 is 5.65. The Balaban J connectivity index is 2.06. The molecular weight excluding hydrogens is 240 g/mol. The van der Waals surface area contributed by atoms with Crippen molar-refractivity contribution in [1.82, 2.24) is 4.90 Å². The normalized spacial score (nSPS) is 20.4. The van der Waals surface area contributed by atoms with Crippen molar-refractivity contribution in [2.45, 2.75) is 6.10 Å². The van der Waals surface area contributed by atoms with Crippen LogP contribution >= 0.6 is 11.6 Å². The number of rotatable bonds is 2. The van der Waals surface area contributed by atoms with Gasteiger partial charge in [-0.1, -0.05) is 23.7 Å². The minimum absolute atomic E-state index is 0.0349. The van der Waals surface area contributed by atoms with Crippen molar-refractivity contribution in [1.29, 1.82) is 0 Å². The lowest BCUT2D eigenvalue weighted by Gasteiger charge is -2.33. The maximum Gasteiger partial charge on any atom is 0.236 e. The Labute approximate surface area is 105 Å². The maximum atomic E-state index is 11.5. The molecule has 1 heterocycles. The molecule has 1 aliphatic rings. The zero-order valence-corrected chi connectivity index (χ0v) is 10.2. The summed E-state index contributed by atoms with van der Waals surface area (Å²) in [5.74, 6) is -0.0349. The van der Waals surface area contributed by atoms with Crippen LogP contribution < -0.4 is 5.73 Å². The smallest absolute Gasteiger partial charge is 0.236 e. The number of benzene rings is 1. The molecule has 1 aliphatic heterocycles. The first-order valence-corrected chi connectivity index (χ1v) is 5.93. The van der Waals surface area contributed by atoms with Gasteiger partial charge in [0.1, 0.15) is 6.10 Å². The van der Waals surface area contributed by atoms with E-state index in [1.54, 1.807) is 4.90 Å². The number of ether oxygens (including phenoxy) is 1. The number of nitrogens with two attached hydrogens (primary N) is 1. The third kappa shape index (κ3) is 2.97. The third-order valence-electron chi connectivity index (χ3n) is 2.84. The van der Waals surface area contributed by atoms with E-state index < -0.39 is 0 Å². The average Bonchev–Trinajstić information content (AvgIpc) is 2.39. The molecule has 1 aromatic rings. The lowest BCUT2D eigenvalue weighted by atomic mass is 10.1. The summed E-state index contributed by atoms with van der Waals surface area (Å²) in [5.41, 5.74) is 6.39. The first-order chi connectivity index (χ1) is 8.20. The van der Waals surface area contributed by atoms with E-state index in [0.717, 1.165) is 5.56 Å². The predicted molar refractivity (Wildman–Crippen MR) is 65.8 cm³/mol. The molecule has 1 saturated heterocycles. The van der Waals surface area contributed by atoms with E-state index >= 15 is 0 Å². The van der Waals surface area contributed by atoms with Crippen LogP contribution in [0.4, 0.5) is 0 Å². The van der Waals surface area contributed by atoms with Crippen molar-refractivity contribution < 1.29 is 9.53 Å². The van der Waals surface area contributed by atoms with E-state index in [4.69, 9.17) is 22.1 Å². The Morgan fingerprint density at radius 1 is 1.47 bits per heavy atom. The number of hydrogen-bond donors (Lipinski definition) is 1. The van der Waals surface area contributed by atoms with Crippen LogP contribution in [0.2, 0.25) is 5.02 Å². The summed E-state index contributed by atoms with van der Waals surface area (Å²) in [6, 6.07) is 7.49. The number of carbonyl (C=O) groups is 1. The molecule has 0 spiro atoms. The van der Waals surface area contributed by atoms with E-state index in [0.29, 0.717) is 24.7 Å². The quantitative estimate of drug-likeness (QED) is 0.863. The van der Waals surface area contributed by atoms with Crippen molar-refractivity contribution in [3.05, 3.63) is 34.9 Å². The zero-order chi connectivity index (χ0) is 12.3. The number of morpholine rings is 1. The molecule has 0 saturated carbocycles. The second-order valence-electron chi connectivity index (χ2n) is 3.95. The van der Waals surface area contributed by atoms with Gasteiger partial charge in [-0.05, 0) is 17.7 Å². The zero-order valence-electron chi connectivity index (χ0n) is 9.43. The highest BCUT2D eigenvalue weighted by Gasteiger charge is 2.24. The molecule has 0 radical (unpaired) electrons. The van der Waals surface area contributed by atoms with Crippen LogP contribution in [0, 0.1) is 0 Å². The molecular formula is C12H15ClN2O2. The molecule has 2 N–H and O–H groups in total. The maximum absolute atomic E-state index is 11.5. The molecule has 4 nitrogen and oxygen atoms in total. The predicted octanol–water partition coefficient (Wildman–Crippen LogP) is 1.20. The van der Waals surface area contributed by atoms with Gasteiger partial charge >= 0.3 is 0 Å². The Hall–Kier alpha value is -1.10. The van der Waals surface area contributed by atoms with E-state index in [9.17, 15) is 4.79 Å². The van der Waals surface area contributed by atoms with Gasteiger partial charge in [0.2, 0.25) is 5.91 Å². The SMILES string of the molecule is NCC(=O)N1CCO[C@H](c2ccc(Cl)cc2)C1. The molecule has 92 valence electrons. The molecule has 1 atom stereocenters. The lowest BCUT2D eigenvalue weighted by molar-refractivity contribution is -0.137. The summed E-state index contributed by atoms with van der Waals surface area (Å²) >= 11 is 5.83. The van der Waals surface area contributed by atoms with Crippen LogP contribution in [0.3, 0.4) is 0 Å². The standard InChI is InChI=1S/C12H15ClN2O2/c13-10-3-1-9(2-4-10)11-8-15(5-6-17-11)12(16)7-14/h1-4,11H,5-8,14H2/t11-/m0/s1. The minimum atomic E-state index is -0.0866. The van der Waals surface area contributed by atoms with Gasteiger partial charge in [-0.15, -0.1) is 0 Å². The average molecular weight is 255 g/mol. The molecule has 1 aromatic carbocycles. The van der Waals surface area contributed by atoms with Crippen LogP contribution in [0.5, 0.6) is 0 Å². The first kappa shape index (κ1) is 12.4. The fourth-order valence-corrected chi connectivity index (χ4v) is 2.01. The highest BCUT2D eigenvalue weighted by Crippen LogP contribution is 2.23. The first-order valence-electron chi connectivity index (χ1n) is 5.55. The number of carbonyl (C=O) groups excluding carboxylic acids is 1. The van der Waals surface area contributed by atoms with Crippen molar-refractivity contribution in [2.24, 2.45) is 5.73 Å². The minimum Gasteiger partial charge on any atom is -0.370 e. The number of hydrogen-bond acceptors (Lipinski definition) is 3. The molecule has 0 unspecified atom stereocenters. The number of halogens is 1. The molecule has 1 fully saturated rings. The van der Waals surface area contributed by atoms with Gasteiger partial charge in [0, 0.05) is 11.6 Å². The fraction of sp³-hybridized carbons (Fsp3) is 0.417. The van der Waals surface area contributed by atoms with Crippen LogP contribution in [0.25, 0.3) is 0 Å². The van der Waals surface area contributed by atoms with E-state index in [1.807, 2.05) is 24.3 Å². The second-order valence-corrected chi connectivity index (χ2v) is 4.39. The van der Waals surface area contributed by atoms with Crippen molar-refractivity contribution in [3.8, 4) is 0 Å². The van der Waals surface area contributed by atoms with Crippen LogP contribution in [-0.2, 0) is 9.53 Å². The van der Waals surface area contributed by atoms with Gasteiger partial charge in [-0.25, -0.2) is 0 Å². The second kappa shape index (κ2) is 5.49. The number of nitrogens with zero attached hydrogens (tertiary/aromatic N) is 1. The largest absolute Gasteiger partial charge is 0.370 e. The summed E-state index contributed by atoms with van der Waals surface area (Å²) in [7, 11) is 0. The van der Waals surface area contributed by atoms with E-state index in [-0.39, 0.29) is 18.6 Å². The van der Waals surface area contributed by atoms with Crippen molar-refractivity contribution >= 4 is 17.5 Å². The van der Waals surface area contributed by atoms with Gasteiger partial charge in [0.05, 0.1) is 19.7 Å². The monoisotopic (exact) mass is 254 g/mol. The number of amides is 1. The third-order valence-corrected chi connectivity index (χ3v) is 3.09. The summed E-state index contributed by atoms with van der Waals surface area (Å²) in [6.07, 6.45) is -0.0866. The van der Waals surface area contributed by atoms with Gasteiger partial charge in [-0.2, -0.15) is 0 Å². The molecule has 17 heavy (non-hydrogen) atoms. The molecule has 1 amide bonds.